The molecule has 0 saturated heterocycles. The van der Waals surface area contributed by atoms with Crippen LogP contribution in [-0.2, 0) is 0 Å². The van der Waals surface area contributed by atoms with Gasteiger partial charge in [-0.1, -0.05) is 140 Å². The van der Waals surface area contributed by atoms with Crippen LogP contribution in [0, 0.1) is 0 Å². The van der Waals surface area contributed by atoms with E-state index in [4.69, 9.17) is 4.42 Å². The summed E-state index contributed by atoms with van der Waals surface area (Å²) in [5.41, 5.74) is 13.3. The highest BCUT2D eigenvalue weighted by molar-refractivity contribution is 7.25. The Bertz CT molecular complexity index is 3860. The number of benzene rings is 10. The second kappa shape index (κ2) is 13.8. The number of fused-ring (bicyclic) bond motifs is 11. The summed E-state index contributed by atoms with van der Waals surface area (Å²) >= 11 is 1.86. The predicted octanol–water partition coefficient (Wildman–Crippen LogP) is 17.0. The topological polar surface area (TPSA) is 21.3 Å². The van der Waals surface area contributed by atoms with E-state index in [0.717, 1.165) is 50.3 Å². The van der Waals surface area contributed by atoms with Crippen molar-refractivity contribution in [3.8, 4) is 27.9 Å². The van der Waals surface area contributed by atoms with Gasteiger partial charge in [0.1, 0.15) is 11.2 Å². The molecule has 10 aromatic carbocycles. The number of furan rings is 1. The maximum Gasteiger partial charge on any atom is 0.137 e. The molecule has 0 amide bonds. The third-order valence-electron chi connectivity index (χ3n) is 12.6. The Morgan fingerprint density at radius 2 is 1.02 bits per heavy atom. The average Bonchev–Trinajstić information content (AvgIpc) is 4.02. The van der Waals surface area contributed by atoms with Gasteiger partial charge in [-0.3, -0.25) is 0 Å². The van der Waals surface area contributed by atoms with Gasteiger partial charge in [-0.05, 0) is 100 Å². The summed E-state index contributed by atoms with van der Waals surface area (Å²) < 4.78 is 11.5. The van der Waals surface area contributed by atoms with Crippen LogP contribution >= 0.6 is 11.3 Å². The van der Waals surface area contributed by atoms with Crippen LogP contribution in [0.5, 0.6) is 0 Å². The lowest BCUT2D eigenvalue weighted by molar-refractivity contribution is 0.669. The van der Waals surface area contributed by atoms with Crippen LogP contribution in [0.15, 0.2) is 223 Å². The van der Waals surface area contributed by atoms with Crippen LogP contribution in [0.4, 0.5) is 17.1 Å². The van der Waals surface area contributed by atoms with Crippen LogP contribution in [0.1, 0.15) is 0 Å². The van der Waals surface area contributed by atoms with Gasteiger partial charge in [0.05, 0.1) is 11.0 Å². The Balaban J connectivity index is 0.937. The maximum absolute atomic E-state index is 6.43. The van der Waals surface area contributed by atoms with Crippen molar-refractivity contribution in [2.45, 2.75) is 0 Å². The molecule has 0 aliphatic rings. The number of hydrogen-bond donors (Lipinski definition) is 0. The summed E-state index contributed by atoms with van der Waals surface area (Å²) in [5, 5.41) is 9.86. The molecule has 0 aliphatic heterocycles. The fraction of sp³-hybridized carbons (Fsp3) is 0. The van der Waals surface area contributed by atoms with Crippen molar-refractivity contribution >= 4 is 103 Å². The monoisotopic (exact) mass is 808 g/mol. The van der Waals surface area contributed by atoms with E-state index in [-0.39, 0.29) is 0 Å². The highest BCUT2D eigenvalue weighted by atomic mass is 32.1. The minimum Gasteiger partial charge on any atom is -0.456 e. The first-order valence-corrected chi connectivity index (χ1v) is 21.9. The lowest BCUT2D eigenvalue weighted by Crippen LogP contribution is -2.09. The molecule has 0 fully saturated rings. The number of anilines is 3. The summed E-state index contributed by atoms with van der Waals surface area (Å²) in [7, 11) is 0. The third kappa shape index (κ3) is 5.44. The van der Waals surface area contributed by atoms with E-state index in [1.807, 2.05) is 23.5 Å². The summed E-state index contributed by atoms with van der Waals surface area (Å²) in [4.78, 5) is 2.34. The molecule has 0 spiro atoms. The molecule has 0 unspecified atom stereocenters. The van der Waals surface area contributed by atoms with E-state index in [0.29, 0.717) is 0 Å². The molecule has 13 rings (SSSR count). The Hall–Kier alpha value is -7.92. The average molecular weight is 809 g/mol. The molecule has 0 N–H and O–H groups in total. The minimum atomic E-state index is 0.868. The van der Waals surface area contributed by atoms with E-state index < -0.39 is 0 Å². The van der Waals surface area contributed by atoms with Crippen LogP contribution < -0.4 is 4.90 Å². The van der Waals surface area contributed by atoms with Gasteiger partial charge in [-0.2, -0.15) is 0 Å². The molecule has 3 aromatic heterocycles. The zero-order valence-corrected chi connectivity index (χ0v) is 34.3. The summed E-state index contributed by atoms with van der Waals surface area (Å²) in [6, 6.07) is 79.2. The summed E-state index contributed by atoms with van der Waals surface area (Å²) in [6.07, 6.45) is 0. The number of nitrogens with zero attached hydrogens (tertiary/aromatic N) is 2. The Labute approximate surface area is 361 Å². The lowest BCUT2D eigenvalue weighted by atomic mass is 9.99. The molecular weight excluding hydrogens is 773 g/mol. The van der Waals surface area contributed by atoms with Crippen molar-refractivity contribution in [1.29, 1.82) is 0 Å². The van der Waals surface area contributed by atoms with Gasteiger partial charge in [-0.25, -0.2) is 0 Å². The molecule has 0 radical (unpaired) electrons. The second-order valence-corrected chi connectivity index (χ2v) is 17.2. The zero-order chi connectivity index (χ0) is 40.7. The SMILES string of the molecule is c1ccc(-n2c3cc(-c4ccc(N(c5ccc(-c6cccc7sc8ccccc8c67)cc5)c5ccc6c(c5)oc5ccccc56)cc4)ccc3c3ccc4ccccc4c32)cc1. The molecule has 62 heavy (non-hydrogen) atoms. The van der Waals surface area contributed by atoms with Crippen molar-refractivity contribution in [2.75, 3.05) is 4.90 Å². The molecular formula is C58H36N2OS. The molecule has 0 bridgehead atoms. The van der Waals surface area contributed by atoms with Crippen LogP contribution in [0.2, 0.25) is 0 Å². The molecule has 290 valence electrons. The number of rotatable bonds is 6. The first-order chi connectivity index (χ1) is 30.7. The predicted molar refractivity (Wildman–Crippen MR) is 264 cm³/mol. The Morgan fingerprint density at radius 1 is 0.387 bits per heavy atom. The Kier molecular flexibility index (Phi) is 7.78. The van der Waals surface area contributed by atoms with E-state index >= 15 is 0 Å². The van der Waals surface area contributed by atoms with Crippen molar-refractivity contribution < 1.29 is 4.42 Å². The van der Waals surface area contributed by atoms with Gasteiger partial charge < -0.3 is 13.9 Å². The van der Waals surface area contributed by atoms with Gasteiger partial charge in [-0.15, -0.1) is 11.3 Å². The van der Waals surface area contributed by atoms with E-state index in [1.54, 1.807) is 0 Å². The maximum atomic E-state index is 6.43. The van der Waals surface area contributed by atoms with Gasteiger partial charge in [0, 0.05) is 75.9 Å². The number of hydrogen-bond acceptors (Lipinski definition) is 3. The first kappa shape index (κ1) is 34.9. The van der Waals surface area contributed by atoms with Gasteiger partial charge in [0.15, 0.2) is 0 Å². The standard InChI is InChI=1S/C58H36N2OS/c1-2-12-41(13-3-1)60-52-35-40(26-32-47(52)50-33-25-38-11-4-5-14-46(38)58(50)60)37-21-27-42(28-22-37)59(44-31-34-49-48-15-6-8-18-53(48)61-54(49)36-44)43-29-23-39(24-30-43)45-17-10-20-56-57(45)51-16-7-9-19-55(51)62-56/h1-36H. The molecule has 0 aliphatic carbocycles. The van der Waals surface area contributed by atoms with E-state index in [1.165, 1.54) is 69.4 Å². The quantitative estimate of drug-likeness (QED) is 0.167. The lowest BCUT2D eigenvalue weighted by Gasteiger charge is -2.26. The highest BCUT2D eigenvalue weighted by Crippen LogP contribution is 2.44. The summed E-state index contributed by atoms with van der Waals surface area (Å²) in [6.45, 7) is 0. The zero-order valence-electron chi connectivity index (χ0n) is 33.5. The third-order valence-corrected chi connectivity index (χ3v) is 13.7. The van der Waals surface area contributed by atoms with Crippen LogP contribution in [-0.4, -0.2) is 4.57 Å². The highest BCUT2D eigenvalue weighted by Gasteiger charge is 2.19. The summed E-state index contributed by atoms with van der Waals surface area (Å²) in [5.74, 6) is 0. The van der Waals surface area contributed by atoms with E-state index in [9.17, 15) is 0 Å². The Morgan fingerprint density at radius 3 is 1.85 bits per heavy atom. The molecule has 0 atom stereocenters. The van der Waals surface area contributed by atoms with Gasteiger partial charge >= 0.3 is 0 Å². The molecule has 4 heteroatoms. The molecule has 13 aromatic rings. The molecule has 0 saturated carbocycles. The largest absolute Gasteiger partial charge is 0.456 e. The fourth-order valence-electron chi connectivity index (χ4n) is 9.71. The van der Waals surface area contributed by atoms with Crippen molar-refractivity contribution in [1.82, 2.24) is 4.57 Å². The van der Waals surface area contributed by atoms with E-state index in [2.05, 4.69) is 216 Å². The van der Waals surface area contributed by atoms with Crippen LogP contribution in [0.3, 0.4) is 0 Å². The molecule has 3 nitrogen and oxygen atoms in total. The number of aromatic nitrogens is 1. The van der Waals surface area contributed by atoms with Crippen molar-refractivity contribution in [3.63, 3.8) is 0 Å². The number of para-hydroxylation sites is 2. The smallest absolute Gasteiger partial charge is 0.137 e. The van der Waals surface area contributed by atoms with Crippen LogP contribution in [0.25, 0.3) is 103 Å². The normalized spacial score (nSPS) is 11.9. The number of thiophene rings is 1. The van der Waals surface area contributed by atoms with Crippen molar-refractivity contribution in [2.24, 2.45) is 0 Å². The minimum absolute atomic E-state index is 0.868. The molecule has 3 heterocycles. The van der Waals surface area contributed by atoms with Gasteiger partial charge in [0.25, 0.3) is 0 Å². The van der Waals surface area contributed by atoms with Crippen molar-refractivity contribution in [3.05, 3.63) is 218 Å². The van der Waals surface area contributed by atoms with Gasteiger partial charge in [0.2, 0.25) is 0 Å². The second-order valence-electron chi connectivity index (χ2n) is 16.1. The fourth-order valence-corrected chi connectivity index (χ4v) is 10.8. The first-order valence-electron chi connectivity index (χ1n) is 21.1.